The minimum atomic E-state index is -0.671. The van der Waals surface area contributed by atoms with Crippen molar-refractivity contribution in [3.8, 4) is 0 Å². The first-order valence-electron chi connectivity index (χ1n) is 6.91. The number of hydrogen-bond donors (Lipinski definition) is 2. The fourth-order valence-corrected chi connectivity index (χ4v) is 4.70. The molecule has 17 heavy (non-hydrogen) atoms. The lowest BCUT2D eigenvalue weighted by atomic mass is 9.79. The van der Waals surface area contributed by atoms with Crippen molar-refractivity contribution in [3.63, 3.8) is 0 Å². The Morgan fingerprint density at radius 2 is 2.06 bits per heavy atom. The highest BCUT2D eigenvalue weighted by Crippen LogP contribution is 2.58. The molecule has 2 bridgehead atoms. The van der Waals surface area contributed by atoms with Crippen molar-refractivity contribution in [2.24, 2.45) is 29.4 Å². The molecule has 3 rings (SSSR count). The Bertz CT molecular complexity index is 308. The number of rotatable bonds is 4. The second-order valence-corrected chi connectivity index (χ2v) is 5.88. The molecule has 3 aliphatic rings. The largest absolute Gasteiger partial charge is 0.448 e. The van der Waals surface area contributed by atoms with E-state index in [0.29, 0.717) is 12.6 Å². The molecule has 0 saturated heterocycles. The average molecular weight is 238 g/mol. The lowest BCUT2D eigenvalue weighted by Gasteiger charge is -2.32. The van der Waals surface area contributed by atoms with Gasteiger partial charge >= 0.3 is 6.09 Å². The Morgan fingerprint density at radius 3 is 2.88 bits per heavy atom. The average Bonchev–Trinajstić information content (AvgIpc) is 2.95. The zero-order chi connectivity index (χ0) is 11.8. The third-order valence-corrected chi connectivity index (χ3v) is 5.18. The predicted molar refractivity (Wildman–Crippen MR) is 64.4 cm³/mol. The summed E-state index contributed by atoms with van der Waals surface area (Å²) < 4.78 is 4.74. The number of primary amides is 1. The number of carbonyl (C=O) groups excluding carboxylic acids is 1. The summed E-state index contributed by atoms with van der Waals surface area (Å²) in [4.78, 5) is 10.4. The summed E-state index contributed by atoms with van der Waals surface area (Å²) >= 11 is 0. The normalized spacial score (nSPS) is 42.7. The van der Waals surface area contributed by atoms with Crippen LogP contribution in [0.5, 0.6) is 0 Å². The number of fused-ring (bicyclic) bond motifs is 5. The number of amides is 1. The van der Waals surface area contributed by atoms with Crippen LogP contribution in [0.15, 0.2) is 0 Å². The van der Waals surface area contributed by atoms with E-state index in [1.165, 1.54) is 32.1 Å². The molecule has 0 radical (unpaired) electrons. The van der Waals surface area contributed by atoms with Crippen molar-refractivity contribution in [2.45, 2.75) is 38.1 Å². The van der Waals surface area contributed by atoms with Gasteiger partial charge in [0.25, 0.3) is 0 Å². The first kappa shape index (κ1) is 11.3. The Morgan fingerprint density at radius 1 is 1.24 bits per heavy atom. The van der Waals surface area contributed by atoms with E-state index >= 15 is 0 Å². The molecule has 1 amide bonds. The van der Waals surface area contributed by atoms with Gasteiger partial charge in [0.05, 0.1) is 0 Å². The van der Waals surface area contributed by atoms with Gasteiger partial charge in [-0.25, -0.2) is 4.79 Å². The van der Waals surface area contributed by atoms with Gasteiger partial charge < -0.3 is 15.8 Å². The molecule has 5 unspecified atom stereocenters. The van der Waals surface area contributed by atoms with E-state index in [4.69, 9.17) is 10.5 Å². The molecular weight excluding hydrogens is 216 g/mol. The number of ether oxygens (including phenoxy) is 1. The van der Waals surface area contributed by atoms with E-state index < -0.39 is 6.09 Å². The summed E-state index contributed by atoms with van der Waals surface area (Å²) in [6.07, 6.45) is 6.47. The lowest BCUT2D eigenvalue weighted by Crippen LogP contribution is -2.41. The van der Waals surface area contributed by atoms with Gasteiger partial charge in [-0.15, -0.1) is 0 Å². The number of hydrogen-bond acceptors (Lipinski definition) is 3. The van der Waals surface area contributed by atoms with E-state index in [1.54, 1.807) is 0 Å². The third kappa shape index (κ3) is 2.03. The topological polar surface area (TPSA) is 64.4 Å². The SMILES string of the molecule is NC(=O)OCCNC1CC2CC1C1CCCC21. The third-order valence-electron chi connectivity index (χ3n) is 5.18. The van der Waals surface area contributed by atoms with Gasteiger partial charge in [-0.2, -0.15) is 0 Å². The maximum absolute atomic E-state index is 10.4. The van der Waals surface area contributed by atoms with E-state index in [-0.39, 0.29) is 0 Å². The van der Waals surface area contributed by atoms with Gasteiger partial charge in [-0.1, -0.05) is 6.42 Å². The maximum atomic E-state index is 10.4. The molecule has 0 aliphatic heterocycles. The smallest absolute Gasteiger partial charge is 0.404 e. The highest BCUT2D eigenvalue weighted by atomic mass is 16.5. The zero-order valence-corrected chi connectivity index (χ0v) is 10.2. The van der Waals surface area contributed by atoms with Crippen LogP contribution in [0.2, 0.25) is 0 Å². The van der Waals surface area contributed by atoms with Gasteiger partial charge in [0.1, 0.15) is 6.61 Å². The van der Waals surface area contributed by atoms with Crippen LogP contribution in [0.1, 0.15) is 32.1 Å². The van der Waals surface area contributed by atoms with E-state index in [1.807, 2.05) is 0 Å². The van der Waals surface area contributed by atoms with Crippen molar-refractivity contribution in [3.05, 3.63) is 0 Å². The predicted octanol–water partition coefficient (Wildman–Crippen LogP) is 1.50. The Hall–Kier alpha value is -0.770. The first-order chi connectivity index (χ1) is 8.25. The standard InChI is InChI=1S/C13H22N2O2/c14-13(16)17-5-4-15-12-7-8-6-11(12)10-3-1-2-9(8)10/h8-12,15H,1-7H2,(H2,14,16). The van der Waals surface area contributed by atoms with Crippen LogP contribution in [0, 0.1) is 23.7 Å². The molecule has 5 atom stereocenters. The minimum absolute atomic E-state index is 0.400. The van der Waals surface area contributed by atoms with Crippen molar-refractivity contribution >= 4 is 6.09 Å². The number of carbonyl (C=O) groups is 1. The van der Waals surface area contributed by atoms with Gasteiger partial charge in [0.2, 0.25) is 0 Å². The fourth-order valence-electron chi connectivity index (χ4n) is 4.70. The molecular formula is C13H22N2O2. The molecule has 4 heteroatoms. The van der Waals surface area contributed by atoms with E-state index in [2.05, 4.69) is 5.32 Å². The van der Waals surface area contributed by atoms with Crippen LogP contribution in [-0.2, 0) is 4.74 Å². The minimum Gasteiger partial charge on any atom is -0.448 e. The molecule has 3 fully saturated rings. The van der Waals surface area contributed by atoms with Crippen LogP contribution in [0.4, 0.5) is 4.79 Å². The maximum Gasteiger partial charge on any atom is 0.404 e. The van der Waals surface area contributed by atoms with Crippen LogP contribution in [-0.4, -0.2) is 25.3 Å². The highest BCUT2D eigenvalue weighted by molar-refractivity contribution is 5.64. The molecule has 4 nitrogen and oxygen atoms in total. The van der Waals surface area contributed by atoms with Crippen molar-refractivity contribution < 1.29 is 9.53 Å². The fraction of sp³-hybridized carbons (Fsp3) is 0.923. The van der Waals surface area contributed by atoms with Crippen molar-refractivity contribution in [2.75, 3.05) is 13.2 Å². The monoisotopic (exact) mass is 238 g/mol. The number of nitrogens with two attached hydrogens (primary N) is 1. The molecule has 3 aliphatic carbocycles. The lowest BCUT2D eigenvalue weighted by molar-refractivity contribution is 0.150. The van der Waals surface area contributed by atoms with Crippen molar-refractivity contribution in [1.82, 2.24) is 5.32 Å². The molecule has 3 saturated carbocycles. The number of nitrogens with one attached hydrogen (secondary N) is 1. The highest BCUT2D eigenvalue weighted by Gasteiger charge is 2.53. The summed E-state index contributed by atoms with van der Waals surface area (Å²) in [5, 5.41) is 3.55. The molecule has 0 heterocycles. The summed E-state index contributed by atoms with van der Waals surface area (Å²) in [6, 6.07) is 0.663. The molecule has 3 N–H and O–H groups in total. The molecule has 0 aromatic heterocycles. The second kappa shape index (κ2) is 4.48. The zero-order valence-electron chi connectivity index (χ0n) is 10.2. The summed E-state index contributed by atoms with van der Waals surface area (Å²) in [6.45, 7) is 1.14. The summed E-state index contributed by atoms with van der Waals surface area (Å²) in [5.41, 5.74) is 4.93. The Balaban J connectivity index is 1.46. The first-order valence-corrected chi connectivity index (χ1v) is 6.91. The molecule has 0 aromatic carbocycles. The van der Waals surface area contributed by atoms with Gasteiger partial charge in [0, 0.05) is 12.6 Å². The summed E-state index contributed by atoms with van der Waals surface area (Å²) in [7, 11) is 0. The Labute approximate surface area is 102 Å². The molecule has 0 spiro atoms. The summed E-state index contributed by atoms with van der Waals surface area (Å²) in [5.74, 6) is 3.89. The molecule has 0 aromatic rings. The van der Waals surface area contributed by atoms with Crippen LogP contribution < -0.4 is 11.1 Å². The van der Waals surface area contributed by atoms with Crippen LogP contribution in [0.25, 0.3) is 0 Å². The van der Waals surface area contributed by atoms with Crippen LogP contribution in [0.3, 0.4) is 0 Å². The quantitative estimate of drug-likeness (QED) is 0.729. The van der Waals surface area contributed by atoms with Crippen LogP contribution >= 0.6 is 0 Å². The van der Waals surface area contributed by atoms with E-state index in [0.717, 1.165) is 30.2 Å². The Kier molecular flexibility index (Phi) is 2.99. The van der Waals surface area contributed by atoms with Gasteiger partial charge in [0.15, 0.2) is 0 Å². The van der Waals surface area contributed by atoms with Crippen molar-refractivity contribution in [1.29, 1.82) is 0 Å². The molecule has 96 valence electrons. The van der Waals surface area contributed by atoms with Gasteiger partial charge in [-0.05, 0) is 49.4 Å². The second-order valence-electron chi connectivity index (χ2n) is 5.88. The van der Waals surface area contributed by atoms with Gasteiger partial charge in [-0.3, -0.25) is 0 Å². The van der Waals surface area contributed by atoms with E-state index in [9.17, 15) is 4.79 Å².